The third kappa shape index (κ3) is 2.01. The van der Waals surface area contributed by atoms with E-state index in [0.717, 1.165) is 0 Å². The van der Waals surface area contributed by atoms with Crippen LogP contribution in [-0.4, -0.2) is 23.1 Å². The maximum atomic E-state index is 11.5. The van der Waals surface area contributed by atoms with Crippen molar-refractivity contribution in [1.29, 1.82) is 0 Å². The zero-order chi connectivity index (χ0) is 12.6. The van der Waals surface area contributed by atoms with E-state index >= 15 is 0 Å². The highest BCUT2D eigenvalue weighted by atomic mass is 35.5. The van der Waals surface area contributed by atoms with E-state index in [1.807, 2.05) is 0 Å². The van der Waals surface area contributed by atoms with E-state index < -0.39 is 11.0 Å². The number of halogens is 2. The molecule has 0 radical (unpaired) electrons. The van der Waals surface area contributed by atoms with Crippen molar-refractivity contribution in [2.75, 3.05) is 7.11 Å². The van der Waals surface area contributed by atoms with Crippen LogP contribution in [0.1, 0.15) is 10.4 Å². The van der Waals surface area contributed by atoms with Crippen molar-refractivity contribution in [3.63, 3.8) is 0 Å². The van der Waals surface area contributed by atoms with Gasteiger partial charge in [0.1, 0.15) is 5.75 Å². The second-order valence-electron chi connectivity index (χ2n) is 3.34. The molecule has 0 unspecified atom stereocenters. The predicted octanol–water partition coefficient (Wildman–Crippen LogP) is 2.78. The van der Waals surface area contributed by atoms with Crippen molar-refractivity contribution < 1.29 is 14.3 Å². The molecule has 0 amide bonds. The normalized spacial score (nSPS) is 10.5. The van der Waals surface area contributed by atoms with Gasteiger partial charge >= 0.3 is 0 Å². The Morgan fingerprint density at radius 3 is 2.65 bits per heavy atom. The molecule has 0 saturated heterocycles. The Labute approximate surface area is 106 Å². The topological polar surface area (TPSA) is 59.2 Å². The van der Waals surface area contributed by atoms with Gasteiger partial charge in [0.05, 0.1) is 17.7 Å². The highest BCUT2D eigenvalue weighted by Gasteiger charge is 2.19. The highest BCUT2D eigenvalue weighted by Crippen LogP contribution is 2.31. The SMILES string of the molecule is COc1cc2c(C(=O)C(=O)Cl)c[nH]c2cc1Cl. The minimum atomic E-state index is -1.03. The van der Waals surface area contributed by atoms with Crippen LogP contribution < -0.4 is 4.74 Å². The molecule has 0 aliphatic carbocycles. The monoisotopic (exact) mass is 271 g/mol. The molecule has 2 aromatic rings. The first-order valence-corrected chi connectivity index (χ1v) is 5.39. The lowest BCUT2D eigenvalue weighted by Gasteiger charge is -2.03. The number of hydrogen-bond acceptors (Lipinski definition) is 3. The zero-order valence-corrected chi connectivity index (χ0v) is 10.2. The number of methoxy groups -OCH3 is 1. The average molecular weight is 272 g/mol. The first kappa shape index (κ1) is 12.0. The van der Waals surface area contributed by atoms with Gasteiger partial charge in [-0.25, -0.2) is 0 Å². The zero-order valence-electron chi connectivity index (χ0n) is 8.71. The van der Waals surface area contributed by atoms with Crippen LogP contribution in [0.2, 0.25) is 5.02 Å². The molecule has 1 aromatic carbocycles. The van der Waals surface area contributed by atoms with Gasteiger partial charge in [-0.1, -0.05) is 11.6 Å². The number of nitrogens with one attached hydrogen (secondary N) is 1. The fraction of sp³-hybridized carbons (Fsp3) is 0.0909. The first-order valence-electron chi connectivity index (χ1n) is 4.63. The number of ketones is 1. The van der Waals surface area contributed by atoms with Crippen LogP contribution in [-0.2, 0) is 4.79 Å². The van der Waals surface area contributed by atoms with E-state index in [2.05, 4.69) is 4.98 Å². The van der Waals surface area contributed by atoms with Crippen LogP contribution in [0.3, 0.4) is 0 Å². The van der Waals surface area contributed by atoms with Gasteiger partial charge < -0.3 is 9.72 Å². The van der Waals surface area contributed by atoms with Gasteiger partial charge in [0, 0.05) is 17.1 Å². The molecule has 0 aliphatic heterocycles. The number of carbonyl (C=O) groups is 2. The Morgan fingerprint density at radius 1 is 1.35 bits per heavy atom. The first-order chi connectivity index (χ1) is 8.04. The van der Waals surface area contributed by atoms with Crippen molar-refractivity contribution in [3.05, 3.63) is 28.9 Å². The number of benzene rings is 1. The molecule has 0 saturated carbocycles. The molecule has 1 N–H and O–H groups in total. The van der Waals surface area contributed by atoms with Crippen LogP contribution in [0.25, 0.3) is 10.9 Å². The summed E-state index contributed by atoms with van der Waals surface area (Å²) in [5, 5.41) is -0.0666. The second-order valence-corrected chi connectivity index (χ2v) is 4.09. The minimum Gasteiger partial charge on any atom is -0.495 e. The third-order valence-electron chi connectivity index (χ3n) is 2.38. The Balaban J connectivity index is 2.67. The van der Waals surface area contributed by atoms with Gasteiger partial charge in [0.25, 0.3) is 5.24 Å². The minimum absolute atomic E-state index is 0.204. The summed E-state index contributed by atoms with van der Waals surface area (Å²) in [5.74, 6) is -0.336. The fourth-order valence-corrected chi connectivity index (χ4v) is 1.92. The number of hydrogen-bond donors (Lipinski definition) is 1. The molecule has 17 heavy (non-hydrogen) atoms. The molecule has 88 valence electrons. The summed E-state index contributed by atoms with van der Waals surface area (Å²) >= 11 is 11.1. The van der Waals surface area contributed by atoms with E-state index in [-0.39, 0.29) is 5.56 Å². The number of ether oxygens (including phenoxy) is 1. The van der Waals surface area contributed by atoms with E-state index in [1.54, 1.807) is 12.1 Å². The number of rotatable bonds is 3. The van der Waals surface area contributed by atoms with Crippen molar-refractivity contribution in [2.24, 2.45) is 0 Å². The standard InChI is InChI=1S/C11H7Cl2NO3/c1-17-9-2-5-6(10(15)11(13)16)4-14-8(5)3-7(9)12/h2-4,14H,1H3. The van der Waals surface area contributed by atoms with Gasteiger partial charge in [0.2, 0.25) is 5.78 Å². The largest absolute Gasteiger partial charge is 0.495 e. The maximum absolute atomic E-state index is 11.5. The van der Waals surface area contributed by atoms with Crippen molar-refractivity contribution in [2.45, 2.75) is 0 Å². The van der Waals surface area contributed by atoms with Gasteiger partial charge in [-0.3, -0.25) is 9.59 Å². The lowest BCUT2D eigenvalue weighted by molar-refractivity contribution is -0.108. The van der Waals surface area contributed by atoms with E-state index in [9.17, 15) is 9.59 Å². The van der Waals surface area contributed by atoms with Crippen LogP contribution in [0.5, 0.6) is 5.75 Å². The van der Waals surface area contributed by atoms with Gasteiger partial charge in [-0.2, -0.15) is 0 Å². The second kappa shape index (κ2) is 4.39. The molecule has 6 heteroatoms. The van der Waals surface area contributed by atoms with E-state index in [1.165, 1.54) is 13.3 Å². The summed E-state index contributed by atoms with van der Waals surface area (Å²) in [6.45, 7) is 0. The van der Waals surface area contributed by atoms with Crippen molar-refractivity contribution in [1.82, 2.24) is 4.98 Å². The molecule has 0 aliphatic rings. The Hall–Kier alpha value is -1.52. The Bertz CT molecular complexity index is 618. The average Bonchev–Trinajstić information content (AvgIpc) is 2.69. The van der Waals surface area contributed by atoms with Gasteiger partial charge in [-0.05, 0) is 23.7 Å². The van der Waals surface area contributed by atoms with E-state index in [0.29, 0.717) is 21.7 Å². The maximum Gasteiger partial charge on any atom is 0.293 e. The Kier molecular flexibility index (Phi) is 3.09. The molecule has 1 aromatic heterocycles. The molecule has 0 bridgehead atoms. The molecule has 0 fully saturated rings. The van der Waals surface area contributed by atoms with Crippen LogP contribution in [0.15, 0.2) is 18.3 Å². The molecule has 4 nitrogen and oxygen atoms in total. The highest BCUT2D eigenvalue weighted by molar-refractivity contribution is 6.83. The van der Waals surface area contributed by atoms with Crippen molar-refractivity contribution in [3.8, 4) is 5.75 Å². The Morgan fingerprint density at radius 2 is 2.06 bits per heavy atom. The number of Topliss-reactive ketones (excluding diaryl/α,β-unsaturated/α-hetero) is 1. The fourth-order valence-electron chi connectivity index (χ4n) is 1.57. The van der Waals surface area contributed by atoms with Crippen LogP contribution in [0.4, 0.5) is 0 Å². The van der Waals surface area contributed by atoms with Gasteiger partial charge in [0.15, 0.2) is 0 Å². The molecule has 2 rings (SSSR count). The molecule has 0 atom stereocenters. The lowest BCUT2D eigenvalue weighted by Crippen LogP contribution is -2.06. The summed E-state index contributed by atoms with van der Waals surface area (Å²) in [4.78, 5) is 25.2. The molecular formula is C11H7Cl2NO3. The quantitative estimate of drug-likeness (QED) is 0.531. The van der Waals surface area contributed by atoms with Crippen molar-refractivity contribution >= 4 is 45.1 Å². The summed E-state index contributed by atoms with van der Waals surface area (Å²) in [5.41, 5.74) is 0.840. The van der Waals surface area contributed by atoms with Gasteiger partial charge in [-0.15, -0.1) is 0 Å². The summed E-state index contributed by atoms with van der Waals surface area (Å²) in [7, 11) is 1.47. The third-order valence-corrected chi connectivity index (χ3v) is 2.84. The van der Waals surface area contributed by atoms with Crippen LogP contribution >= 0.6 is 23.2 Å². The predicted molar refractivity (Wildman–Crippen MR) is 65.1 cm³/mol. The number of fused-ring (bicyclic) bond motifs is 1. The lowest BCUT2D eigenvalue weighted by atomic mass is 10.1. The molecule has 1 heterocycles. The summed E-state index contributed by atoms with van der Waals surface area (Å²) in [6, 6.07) is 3.20. The smallest absolute Gasteiger partial charge is 0.293 e. The number of H-pyrrole nitrogens is 1. The summed E-state index contributed by atoms with van der Waals surface area (Å²) in [6.07, 6.45) is 1.42. The number of aromatic nitrogens is 1. The van der Waals surface area contributed by atoms with Crippen LogP contribution in [0, 0.1) is 0 Å². The molecule has 0 spiro atoms. The molecular weight excluding hydrogens is 265 g/mol. The summed E-state index contributed by atoms with van der Waals surface area (Å²) < 4.78 is 5.04. The number of aromatic amines is 1. The van der Waals surface area contributed by atoms with E-state index in [4.69, 9.17) is 27.9 Å². The number of carbonyl (C=O) groups excluding carboxylic acids is 2.